The number of aliphatic carboxylic acids is 2. The van der Waals surface area contributed by atoms with Gasteiger partial charge in [-0.25, -0.2) is 4.79 Å². The van der Waals surface area contributed by atoms with Crippen molar-refractivity contribution in [3.05, 3.63) is 0 Å². The summed E-state index contributed by atoms with van der Waals surface area (Å²) in [4.78, 5) is 127. The van der Waals surface area contributed by atoms with E-state index in [4.69, 9.17) is 16.6 Å². The number of hydrogen-bond donors (Lipinski definition) is 14. The maximum absolute atomic E-state index is 13.5. The number of rotatable bonds is 27. The van der Waals surface area contributed by atoms with Crippen LogP contribution in [0.3, 0.4) is 0 Å². The fourth-order valence-corrected chi connectivity index (χ4v) is 6.06. The Balaban J connectivity index is 2.94. The Morgan fingerprint density at radius 3 is 1.80 bits per heavy atom. The van der Waals surface area contributed by atoms with E-state index >= 15 is 0 Å². The Morgan fingerprint density at radius 2 is 1.26 bits per heavy atom. The first-order valence-corrected chi connectivity index (χ1v) is 19.8. The van der Waals surface area contributed by atoms with E-state index in [9.17, 15) is 68.4 Å². The summed E-state index contributed by atoms with van der Waals surface area (Å²) in [7, 11) is 0. The minimum atomic E-state index is -1.83. The van der Waals surface area contributed by atoms with Crippen LogP contribution in [0.5, 0.6) is 0 Å². The average molecular weight is 875 g/mol. The smallest absolute Gasteiger partial charge is 0.326 e. The quantitative estimate of drug-likeness (QED) is 0.0341. The number of aliphatic hydroxyl groups excluding tert-OH is 3. The van der Waals surface area contributed by atoms with Gasteiger partial charge in [0.15, 0.2) is 0 Å². The second-order valence-electron chi connectivity index (χ2n) is 15.0. The Kier molecular flexibility index (Phi) is 23.4. The molecule has 25 nitrogen and oxygen atoms in total. The predicted octanol–water partition coefficient (Wildman–Crippen LogP) is -6.55. The zero-order chi connectivity index (χ0) is 46.6. The maximum Gasteiger partial charge on any atom is 0.326 e. The first-order valence-electron chi connectivity index (χ1n) is 19.8. The molecule has 9 unspecified atom stereocenters. The number of hydrogen-bond acceptors (Lipinski definition) is 15. The molecule has 0 aromatic carbocycles. The number of carboxylic acid groups (broad SMARTS) is 2. The molecule has 346 valence electrons. The number of aliphatic hydroxyl groups is 3. The Bertz CT molecular complexity index is 1560. The summed E-state index contributed by atoms with van der Waals surface area (Å²) in [5, 5.41) is 64.8. The van der Waals surface area contributed by atoms with Crippen LogP contribution in [-0.2, 0) is 47.9 Å². The average Bonchev–Trinajstić information content (AvgIpc) is 3.67. The van der Waals surface area contributed by atoms with Crippen LogP contribution < -0.4 is 48.7 Å². The molecule has 61 heavy (non-hydrogen) atoms. The minimum absolute atomic E-state index is 0.000425. The number of nitrogens with one attached hydrogen (secondary N) is 7. The number of unbranched alkanes of at least 4 members (excludes halogenated alkanes) is 1. The van der Waals surface area contributed by atoms with Crippen LogP contribution >= 0.6 is 0 Å². The minimum Gasteiger partial charge on any atom is -0.481 e. The van der Waals surface area contributed by atoms with Gasteiger partial charge >= 0.3 is 11.9 Å². The number of carbonyl (C=O) groups is 10. The van der Waals surface area contributed by atoms with E-state index in [0.29, 0.717) is 25.8 Å². The SMILES string of the molecule is CC(C)CC(NC(=O)CNC(=O)C1CCCN1C(=O)C(CO)NC(=O)C(NC(=O)C(NC(=O)CNC(=O)C(N)CC(=O)O)C(C)O)C(C)O)C(=O)NC(CCCCN)C(=O)O. The van der Waals surface area contributed by atoms with E-state index in [2.05, 4.69) is 37.2 Å². The van der Waals surface area contributed by atoms with Gasteiger partial charge in [0, 0.05) is 6.54 Å². The predicted molar refractivity (Wildman–Crippen MR) is 211 cm³/mol. The van der Waals surface area contributed by atoms with Crippen molar-refractivity contribution < 1.29 is 73.5 Å². The van der Waals surface area contributed by atoms with Crippen LogP contribution in [0.25, 0.3) is 0 Å². The third-order valence-corrected chi connectivity index (χ3v) is 9.28. The molecule has 0 spiro atoms. The van der Waals surface area contributed by atoms with Crippen molar-refractivity contribution in [3.63, 3.8) is 0 Å². The molecule has 1 saturated heterocycles. The third-order valence-electron chi connectivity index (χ3n) is 9.28. The summed E-state index contributed by atoms with van der Waals surface area (Å²) in [6, 6.07) is -10.3. The van der Waals surface area contributed by atoms with Crippen LogP contribution in [0.4, 0.5) is 0 Å². The second kappa shape index (κ2) is 26.7. The lowest BCUT2D eigenvalue weighted by atomic mass is 10.0. The van der Waals surface area contributed by atoms with E-state index in [-0.39, 0.29) is 31.7 Å². The molecule has 1 heterocycles. The van der Waals surface area contributed by atoms with Crippen molar-refractivity contribution in [2.24, 2.45) is 17.4 Å². The maximum atomic E-state index is 13.5. The molecular weight excluding hydrogens is 812 g/mol. The molecular formula is C36H62N10O15. The molecule has 0 bridgehead atoms. The first-order chi connectivity index (χ1) is 28.5. The Morgan fingerprint density at radius 1 is 0.705 bits per heavy atom. The van der Waals surface area contributed by atoms with Crippen molar-refractivity contribution in [1.29, 1.82) is 0 Å². The fraction of sp³-hybridized carbons (Fsp3) is 0.722. The van der Waals surface area contributed by atoms with E-state index < -0.39 is 140 Å². The van der Waals surface area contributed by atoms with Gasteiger partial charge in [-0.3, -0.25) is 43.2 Å². The molecule has 0 saturated carbocycles. The van der Waals surface area contributed by atoms with Crippen molar-refractivity contribution in [3.8, 4) is 0 Å². The van der Waals surface area contributed by atoms with Gasteiger partial charge in [-0.1, -0.05) is 13.8 Å². The fourth-order valence-electron chi connectivity index (χ4n) is 6.06. The highest BCUT2D eigenvalue weighted by Gasteiger charge is 2.40. The van der Waals surface area contributed by atoms with Gasteiger partial charge in [-0.2, -0.15) is 0 Å². The van der Waals surface area contributed by atoms with Crippen molar-refractivity contribution in [2.75, 3.05) is 32.8 Å². The molecule has 1 aliphatic heterocycles. The summed E-state index contributed by atoms with van der Waals surface area (Å²) < 4.78 is 0. The number of nitrogens with zero attached hydrogens (tertiary/aromatic N) is 1. The summed E-state index contributed by atoms with van der Waals surface area (Å²) in [5.41, 5.74) is 10.9. The number of carboxylic acids is 2. The lowest BCUT2D eigenvalue weighted by molar-refractivity contribution is -0.143. The first kappa shape index (κ1) is 53.5. The summed E-state index contributed by atoms with van der Waals surface area (Å²) in [6.07, 6.45) is -2.27. The van der Waals surface area contributed by atoms with Gasteiger partial charge < -0.3 is 79.1 Å². The van der Waals surface area contributed by atoms with E-state index in [0.717, 1.165) is 18.7 Å². The largest absolute Gasteiger partial charge is 0.481 e. The van der Waals surface area contributed by atoms with E-state index in [1.165, 1.54) is 0 Å². The van der Waals surface area contributed by atoms with E-state index in [1.807, 2.05) is 0 Å². The molecule has 25 heteroatoms. The molecule has 9 atom stereocenters. The van der Waals surface area contributed by atoms with Gasteiger partial charge in [0.2, 0.25) is 47.3 Å². The number of carbonyl (C=O) groups excluding carboxylic acids is 8. The molecule has 8 amide bonds. The van der Waals surface area contributed by atoms with Crippen LogP contribution in [0, 0.1) is 5.92 Å². The van der Waals surface area contributed by atoms with Crippen molar-refractivity contribution in [2.45, 2.75) is 127 Å². The zero-order valence-electron chi connectivity index (χ0n) is 34.7. The second-order valence-corrected chi connectivity index (χ2v) is 15.0. The van der Waals surface area contributed by atoms with Gasteiger partial charge in [-0.05, 0) is 64.8 Å². The van der Waals surface area contributed by atoms with Gasteiger partial charge in [-0.15, -0.1) is 0 Å². The summed E-state index contributed by atoms with van der Waals surface area (Å²) in [6.45, 7) is 3.71. The highest BCUT2D eigenvalue weighted by Crippen LogP contribution is 2.19. The lowest BCUT2D eigenvalue weighted by Gasteiger charge is -2.30. The molecule has 0 aromatic rings. The highest BCUT2D eigenvalue weighted by molar-refractivity contribution is 5.97. The van der Waals surface area contributed by atoms with Gasteiger partial charge in [0.05, 0.1) is 44.4 Å². The summed E-state index contributed by atoms with van der Waals surface area (Å²) in [5.74, 6) is -10.3. The number of nitrogens with two attached hydrogens (primary N) is 2. The topological polar surface area (TPSA) is 411 Å². The molecule has 1 aliphatic rings. The van der Waals surface area contributed by atoms with Crippen LogP contribution in [0.15, 0.2) is 0 Å². The van der Waals surface area contributed by atoms with Crippen LogP contribution in [0.2, 0.25) is 0 Å². The molecule has 1 rings (SSSR count). The normalized spacial score (nSPS) is 17.5. The van der Waals surface area contributed by atoms with Crippen molar-refractivity contribution >= 4 is 59.2 Å². The molecule has 16 N–H and O–H groups in total. The lowest BCUT2D eigenvalue weighted by Crippen LogP contribution is -2.62. The standard InChI is InChI=1S/C36H62N10O15/c1-17(2)12-22(31(55)42-21(36(60)61)8-5-6-10-37)41-25(50)14-40-32(56)24-9-7-11-46(24)35(59)23(16-47)43-33(57)29(19(4)49)45-34(58)28(18(3)48)44-26(51)15-39-30(54)20(38)13-27(52)53/h17-24,28-29,47-49H,5-16,37-38H2,1-4H3,(H,39,54)(H,40,56)(H,41,50)(H,42,55)(H,43,57)(H,44,51)(H,45,58)(H,52,53)(H,60,61). The highest BCUT2D eigenvalue weighted by atomic mass is 16.4. The van der Waals surface area contributed by atoms with E-state index in [1.54, 1.807) is 13.8 Å². The molecule has 0 aromatic heterocycles. The number of likely N-dealkylation sites (tertiary alicyclic amines) is 1. The molecule has 0 radical (unpaired) electrons. The Labute approximate surface area is 351 Å². The van der Waals surface area contributed by atoms with Crippen LogP contribution in [0.1, 0.15) is 72.6 Å². The molecule has 0 aliphatic carbocycles. The van der Waals surface area contributed by atoms with Crippen LogP contribution in [-0.4, -0.2) is 177 Å². The Hall–Kier alpha value is -5.50. The van der Waals surface area contributed by atoms with Gasteiger partial charge in [0.1, 0.15) is 36.3 Å². The summed E-state index contributed by atoms with van der Waals surface area (Å²) >= 11 is 0. The monoisotopic (exact) mass is 874 g/mol. The molecule has 1 fully saturated rings. The third kappa shape index (κ3) is 18.8. The van der Waals surface area contributed by atoms with Crippen molar-refractivity contribution in [1.82, 2.24) is 42.1 Å². The number of amides is 8. The zero-order valence-corrected chi connectivity index (χ0v) is 34.7. The van der Waals surface area contributed by atoms with Gasteiger partial charge in [0.25, 0.3) is 0 Å².